The lowest BCUT2D eigenvalue weighted by molar-refractivity contribution is 0.516. The van der Waals surface area contributed by atoms with Crippen LogP contribution in [0.25, 0.3) is 32.8 Å². The van der Waals surface area contributed by atoms with Crippen LogP contribution in [0, 0.1) is 23.3 Å². The minimum absolute atomic E-state index is 0.227. The fourth-order valence-corrected chi connectivity index (χ4v) is 3.18. The first kappa shape index (κ1) is 11.9. The lowest BCUT2D eigenvalue weighted by atomic mass is 10.0. The minimum Gasteiger partial charge on any atom is -0.203 e. The highest BCUT2D eigenvalue weighted by atomic mass is 32.1. The first-order valence-electron chi connectivity index (χ1n) is 5.13. The van der Waals surface area contributed by atoms with Crippen LogP contribution < -0.4 is 0 Å². The predicted octanol–water partition coefficient (Wildman–Crippen LogP) is 3.41. The molecule has 100 valence electrons. The van der Waals surface area contributed by atoms with Crippen molar-refractivity contribution in [3.63, 3.8) is 0 Å². The molecule has 0 aliphatic rings. The van der Waals surface area contributed by atoms with E-state index >= 15 is 0 Å². The zero-order valence-electron chi connectivity index (χ0n) is 9.12. The molecule has 0 bridgehead atoms. The molecule has 0 fully saturated rings. The molecule has 0 radical (unpaired) electrons. The Kier molecular flexibility index (Phi) is 2.25. The van der Waals surface area contributed by atoms with Crippen LogP contribution in [-0.4, -0.2) is 17.5 Å². The van der Waals surface area contributed by atoms with Crippen molar-refractivity contribution in [2.75, 3.05) is 0 Å². The smallest absolute Gasteiger partial charge is 0.188 e. The fourth-order valence-electron chi connectivity index (χ4n) is 2.08. The van der Waals surface area contributed by atoms with Crippen LogP contribution in [0.3, 0.4) is 0 Å². The van der Waals surface area contributed by atoms with E-state index in [1.54, 1.807) is 0 Å². The van der Waals surface area contributed by atoms with Gasteiger partial charge in [0.1, 0.15) is 22.1 Å². The van der Waals surface area contributed by atoms with Gasteiger partial charge in [-0.2, -0.15) is 17.5 Å². The third kappa shape index (κ3) is 1.25. The zero-order chi connectivity index (χ0) is 14.0. The highest BCUT2D eigenvalue weighted by Crippen LogP contribution is 2.37. The SMILES string of the molecule is Fc1c(F)c2c3nsnc3c(F)c(F)c2c2nsnc12. The fraction of sp³-hybridized carbons (Fsp3) is 0. The van der Waals surface area contributed by atoms with Crippen molar-refractivity contribution < 1.29 is 17.6 Å². The van der Waals surface area contributed by atoms with E-state index in [1.807, 2.05) is 0 Å². The number of halogens is 4. The maximum atomic E-state index is 14.1. The molecule has 4 nitrogen and oxygen atoms in total. The summed E-state index contributed by atoms with van der Waals surface area (Å²) >= 11 is 1.17. The monoisotopic (exact) mass is 316 g/mol. The molecule has 0 aliphatic heterocycles. The molecule has 0 unspecified atom stereocenters. The van der Waals surface area contributed by atoms with Crippen LogP contribution in [0.4, 0.5) is 17.6 Å². The van der Waals surface area contributed by atoms with E-state index in [1.165, 1.54) is 0 Å². The Morgan fingerprint density at radius 1 is 0.500 bits per heavy atom. The number of benzene rings is 2. The third-order valence-corrected chi connectivity index (χ3v) is 4.00. The van der Waals surface area contributed by atoms with Gasteiger partial charge in [0.15, 0.2) is 23.3 Å². The van der Waals surface area contributed by atoms with Crippen LogP contribution in [0.5, 0.6) is 0 Å². The summed E-state index contributed by atoms with van der Waals surface area (Å²) in [5.41, 5.74) is -1.31. The van der Waals surface area contributed by atoms with Crippen molar-refractivity contribution in [2.24, 2.45) is 0 Å². The Hall–Kier alpha value is -1.94. The van der Waals surface area contributed by atoms with E-state index in [0.717, 1.165) is 0 Å². The topological polar surface area (TPSA) is 51.6 Å². The van der Waals surface area contributed by atoms with Crippen molar-refractivity contribution in [1.82, 2.24) is 17.5 Å². The second-order valence-electron chi connectivity index (χ2n) is 3.93. The summed E-state index contributed by atoms with van der Waals surface area (Å²) in [5, 5.41) is -0.935. The number of hydrogen-bond acceptors (Lipinski definition) is 6. The molecular weight excluding hydrogens is 316 g/mol. The summed E-state index contributed by atoms with van der Waals surface area (Å²) in [6, 6.07) is 0. The van der Waals surface area contributed by atoms with E-state index in [2.05, 4.69) is 17.5 Å². The van der Waals surface area contributed by atoms with E-state index in [0.29, 0.717) is 23.5 Å². The molecule has 4 aromatic rings. The second kappa shape index (κ2) is 3.79. The van der Waals surface area contributed by atoms with Gasteiger partial charge in [-0.25, -0.2) is 17.6 Å². The quantitative estimate of drug-likeness (QED) is 0.467. The van der Waals surface area contributed by atoms with Gasteiger partial charge in [0, 0.05) is 0 Å². The largest absolute Gasteiger partial charge is 0.203 e. The number of nitrogens with zero attached hydrogens (tertiary/aromatic N) is 4. The van der Waals surface area contributed by atoms with Gasteiger partial charge in [-0.05, 0) is 0 Å². The lowest BCUT2D eigenvalue weighted by Gasteiger charge is -2.05. The summed E-state index contributed by atoms with van der Waals surface area (Å²) in [4.78, 5) is 0. The normalized spacial score (nSPS) is 12.0. The molecule has 0 amide bonds. The summed E-state index contributed by atoms with van der Waals surface area (Å²) < 4.78 is 70.6. The summed E-state index contributed by atoms with van der Waals surface area (Å²) in [6.07, 6.45) is 0. The van der Waals surface area contributed by atoms with Crippen molar-refractivity contribution in [1.29, 1.82) is 0 Å². The molecule has 0 saturated carbocycles. The average Bonchev–Trinajstić information content (AvgIpc) is 3.08. The molecular formula is C10F4N4S2. The molecule has 0 saturated heterocycles. The predicted molar refractivity (Wildman–Crippen MR) is 65.7 cm³/mol. The van der Waals surface area contributed by atoms with E-state index in [9.17, 15) is 17.6 Å². The third-order valence-electron chi connectivity index (χ3n) is 2.94. The van der Waals surface area contributed by atoms with Crippen molar-refractivity contribution >= 4 is 56.3 Å². The van der Waals surface area contributed by atoms with Crippen LogP contribution in [0.15, 0.2) is 0 Å². The molecule has 0 atom stereocenters. The van der Waals surface area contributed by atoms with Gasteiger partial charge in [0.25, 0.3) is 0 Å². The number of rotatable bonds is 0. The summed E-state index contributed by atoms with van der Waals surface area (Å²) in [7, 11) is 0. The number of hydrogen-bond donors (Lipinski definition) is 0. The van der Waals surface area contributed by atoms with E-state index in [4.69, 9.17) is 0 Å². The average molecular weight is 316 g/mol. The van der Waals surface area contributed by atoms with Crippen molar-refractivity contribution in [3.8, 4) is 0 Å². The Bertz CT molecular complexity index is 927. The van der Waals surface area contributed by atoms with Crippen LogP contribution >= 0.6 is 23.5 Å². The Labute approximate surface area is 115 Å². The van der Waals surface area contributed by atoms with Crippen molar-refractivity contribution in [3.05, 3.63) is 23.3 Å². The van der Waals surface area contributed by atoms with Crippen LogP contribution in [0.1, 0.15) is 0 Å². The molecule has 4 rings (SSSR count). The Morgan fingerprint density at radius 2 is 0.850 bits per heavy atom. The summed E-state index contributed by atoms with van der Waals surface area (Å²) in [6.45, 7) is 0. The number of aromatic nitrogens is 4. The first-order chi connectivity index (χ1) is 9.61. The Balaban J connectivity index is 2.49. The molecule has 0 spiro atoms. The highest BCUT2D eigenvalue weighted by Gasteiger charge is 2.27. The second-order valence-corrected chi connectivity index (χ2v) is 4.99. The van der Waals surface area contributed by atoms with Gasteiger partial charge in [-0.3, -0.25) is 0 Å². The van der Waals surface area contributed by atoms with E-state index in [-0.39, 0.29) is 11.0 Å². The maximum absolute atomic E-state index is 14.1. The lowest BCUT2D eigenvalue weighted by Crippen LogP contribution is -1.97. The number of fused-ring (bicyclic) bond motifs is 5. The Morgan fingerprint density at radius 3 is 1.25 bits per heavy atom. The van der Waals surface area contributed by atoms with Crippen LogP contribution in [0.2, 0.25) is 0 Å². The van der Waals surface area contributed by atoms with Gasteiger partial charge in [0.2, 0.25) is 0 Å². The molecule has 10 heteroatoms. The standard InChI is InChI=1S/C10F4N4S2/c11-3-1-2(8-10(5(3)13)18-20-16-8)4(12)6(14)9-7(1)15-19-17-9. The zero-order valence-corrected chi connectivity index (χ0v) is 10.8. The minimum atomic E-state index is -1.34. The molecule has 0 N–H and O–H groups in total. The highest BCUT2D eigenvalue weighted by molar-refractivity contribution is 7.00. The van der Waals surface area contributed by atoms with Gasteiger partial charge in [0.05, 0.1) is 34.2 Å². The van der Waals surface area contributed by atoms with Crippen LogP contribution in [-0.2, 0) is 0 Å². The van der Waals surface area contributed by atoms with Gasteiger partial charge >= 0.3 is 0 Å². The molecule has 20 heavy (non-hydrogen) atoms. The van der Waals surface area contributed by atoms with Gasteiger partial charge < -0.3 is 0 Å². The molecule has 0 aliphatic carbocycles. The molecule has 2 heterocycles. The van der Waals surface area contributed by atoms with Gasteiger partial charge in [-0.1, -0.05) is 0 Å². The van der Waals surface area contributed by atoms with E-state index < -0.39 is 45.1 Å². The van der Waals surface area contributed by atoms with Gasteiger partial charge in [-0.15, -0.1) is 0 Å². The molecule has 2 aromatic heterocycles. The maximum Gasteiger partial charge on any atom is 0.188 e. The van der Waals surface area contributed by atoms with Crippen molar-refractivity contribution in [2.45, 2.75) is 0 Å². The molecule has 2 aromatic carbocycles. The summed E-state index contributed by atoms with van der Waals surface area (Å²) in [5.74, 6) is -5.20. The first-order valence-corrected chi connectivity index (χ1v) is 6.59.